The molecule has 0 bridgehead atoms. The van der Waals surface area contributed by atoms with Crippen LogP contribution in [0, 0.1) is 6.92 Å². The minimum Gasteiger partial charge on any atom is -0.457 e. The molecule has 0 unspecified atom stereocenters. The molecule has 37 heavy (non-hydrogen) atoms. The maximum atomic E-state index is 6.13. The summed E-state index contributed by atoms with van der Waals surface area (Å²) in [4.78, 5) is 11.0. The molecule has 1 aliphatic heterocycles. The molecular formula is C30H25N5OS. The fourth-order valence-electron chi connectivity index (χ4n) is 4.78. The van der Waals surface area contributed by atoms with Gasteiger partial charge < -0.3 is 19.5 Å². The van der Waals surface area contributed by atoms with Crippen LogP contribution in [0.2, 0.25) is 0 Å². The number of aryl methyl sites for hydroxylation is 1. The van der Waals surface area contributed by atoms with Crippen molar-refractivity contribution in [1.82, 2.24) is 19.9 Å². The van der Waals surface area contributed by atoms with Crippen molar-refractivity contribution in [2.24, 2.45) is 0 Å². The van der Waals surface area contributed by atoms with Crippen LogP contribution in [0.4, 0.5) is 5.69 Å². The van der Waals surface area contributed by atoms with Gasteiger partial charge in [0.2, 0.25) is 0 Å². The summed E-state index contributed by atoms with van der Waals surface area (Å²) in [6.45, 7) is 2.04. The van der Waals surface area contributed by atoms with Gasteiger partial charge in [-0.1, -0.05) is 24.3 Å². The van der Waals surface area contributed by atoms with Crippen molar-refractivity contribution in [3.8, 4) is 17.2 Å². The van der Waals surface area contributed by atoms with Crippen LogP contribution in [0.5, 0.6) is 11.5 Å². The second kappa shape index (κ2) is 9.87. The molecule has 0 spiro atoms. The predicted molar refractivity (Wildman–Crippen MR) is 149 cm³/mol. The topological polar surface area (TPSA) is 55.2 Å². The maximum absolute atomic E-state index is 6.13. The number of nitrogens with zero attached hydrogens (tertiary/aromatic N) is 4. The average Bonchev–Trinajstić information content (AvgIpc) is 3.56. The van der Waals surface area contributed by atoms with Crippen molar-refractivity contribution in [2.45, 2.75) is 19.0 Å². The van der Waals surface area contributed by atoms with E-state index in [0.29, 0.717) is 5.11 Å². The molecule has 2 atom stereocenters. The number of hydrogen-bond donors (Lipinski definition) is 1. The minimum atomic E-state index is -0.132. The van der Waals surface area contributed by atoms with Gasteiger partial charge in [-0.2, -0.15) is 0 Å². The monoisotopic (exact) mass is 503 g/mol. The molecule has 0 amide bonds. The van der Waals surface area contributed by atoms with Gasteiger partial charge in [0.25, 0.3) is 0 Å². The number of anilines is 1. The number of thiocarbonyl (C=S) groups is 1. The highest BCUT2D eigenvalue weighted by molar-refractivity contribution is 7.80. The fourth-order valence-corrected chi connectivity index (χ4v) is 5.13. The Bertz CT molecular complexity index is 1520. The van der Waals surface area contributed by atoms with Crippen molar-refractivity contribution < 1.29 is 4.74 Å². The second-order valence-electron chi connectivity index (χ2n) is 8.87. The van der Waals surface area contributed by atoms with E-state index in [4.69, 9.17) is 17.0 Å². The third kappa shape index (κ3) is 4.45. The summed E-state index contributed by atoms with van der Waals surface area (Å²) in [5.41, 5.74) is 5.12. The van der Waals surface area contributed by atoms with E-state index in [1.54, 1.807) is 12.4 Å². The minimum absolute atomic E-state index is 0.131. The first-order valence-corrected chi connectivity index (χ1v) is 12.5. The standard InChI is InChI=1S/C30H25N5OS/c1-21-7-2-3-10-27(21)36-24-13-11-23(12-14-24)35-29(28(33-30(35)37)25-8-4-5-17-32-25)26-9-6-20-34(26)22-15-18-31-19-16-22/h2-20,28-29H,1H3,(H,33,37)/t28-,29+/m1/s1. The van der Waals surface area contributed by atoms with Crippen molar-refractivity contribution in [2.75, 3.05) is 4.90 Å². The van der Waals surface area contributed by atoms with Crippen molar-refractivity contribution >= 4 is 23.0 Å². The van der Waals surface area contributed by atoms with E-state index in [-0.39, 0.29) is 12.1 Å². The normalized spacial score (nSPS) is 17.0. The number of ether oxygens (including phenoxy) is 1. The van der Waals surface area contributed by atoms with E-state index >= 15 is 0 Å². The zero-order valence-corrected chi connectivity index (χ0v) is 21.0. The quantitative estimate of drug-likeness (QED) is 0.265. The third-order valence-electron chi connectivity index (χ3n) is 6.56. The Morgan fingerprint density at radius 3 is 2.35 bits per heavy atom. The van der Waals surface area contributed by atoms with Crippen LogP contribution in [0.3, 0.4) is 0 Å². The highest BCUT2D eigenvalue weighted by atomic mass is 32.1. The molecule has 1 aliphatic rings. The molecule has 3 aromatic heterocycles. The average molecular weight is 504 g/mol. The molecule has 7 heteroatoms. The zero-order chi connectivity index (χ0) is 25.2. The molecule has 0 saturated carbocycles. The van der Waals surface area contributed by atoms with Crippen LogP contribution in [-0.2, 0) is 0 Å². The van der Waals surface area contributed by atoms with E-state index in [9.17, 15) is 0 Å². The Morgan fingerprint density at radius 1 is 0.811 bits per heavy atom. The molecule has 2 aromatic carbocycles. The van der Waals surface area contributed by atoms with Gasteiger partial charge in [-0.05, 0) is 91.4 Å². The Morgan fingerprint density at radius 2 is 1.59 bits per heavy atom. The fraction of sp³-hybridized carbons (Fsp3) is 0.100. The molecular weight excluding hydrogens is 478 g/mol. The smallest absolute Gasteiger partial charge is 0.174 e. The molecule has 182 valence electrons. The molecule has 5 aromatic rings. The number of nitrogens with one attached hydrogen (secondary N) is 1. The van der Waals surface area contributed by atoms with Gasteiger partial charge in [0.15, 0.2) is 5.11 Å². The van der Waals surface area contributed by atoms with Crippen molar-refractivity contribution in [3.05, 3.63) is 133 Å². The highest BCUT2D eigenvalue weighted by Gasteiger charge is 2.42. The third-order valence-corrected chi connectivity index (χ3v) is 6.87. The van der Waals surface area contributed by atoms with Crippen molar-refractivity contribution in [1.29, 1.82) is 0 Å². The van der Waals surface area contributed by atoms with E-state index < -0.39 is 0 Å². The van der Waals surface area contributed by atoms with Gasteiger partial charge in [-0.15, -0.1) is 0 Å². The first-order valence-electron chi connectivity index (χ1n) is 12.1. The highest BCUT2D eigenvalue weighted by Crippen LogP contribution is 2.42. The summed E-state index contributed by atoms with van der Waals surface area (Å²) in [7, 11) is 0. The Balaban J connectivity index is 1.39. The lowest BCUT2D eigenvalue weighted by Crippen LogP contribution is -2.30. The number of hydrogen-bond acceptors (Lipinski definition) is 4. The molecule has 4 heterocycles. The van der Waals surface area contributed by atoms with Gasteiger partial charge in [0.1, 0.15) is 17.5 Å². The van der Waals surface area contributed by atoms with Crippen LogP contribution in [-0.4, -0.2) is 19.6 Å². The predicted octanol–water partition coefficient (Wildman–Crippen LogP) is 6.55. The number of para-hydroxylation sites is 1. The molecule has 6 rings (SSSR count). The van der Waals surface area contributed by atoms with Crippen LogP contribution in [0.15, 0.2) is 116 Å². The Labute approximate surface area is 221 Å². The lowest BCUT2D eigenvalue weighted by molar-refractivity contribution is 0.479. The molecule has 0 aliphatic carbocycles. The first-order chi connectivity index (χ1) is 18.2. The molecule has 1 N–H and O–H groups in total. The van der Waals surface area contributed by atoms with E-state index in [1.807, 2.05) is 79.9 Å². The van der Waals surface area contributed by atoms with Crippen LogP contribution in [0.25, 0.3) is 5.69 Å². The first kappa shape index (κ1) is 22.9. The van der Waals surface area contributed by atoms with Gasteiger partial charge >= 0.3 is 0 Å². The van der Waals surface area contributed by atoms with Crippen LogP contribution >= 0.6 is 12.2 Å². The molecule has 6 nitrogen and oxygen atoms in total. The van der Waals surface area contributed by atoms with Crippen LogP contribution in [0.1, 0.15) is 29.0 Å². The van der Waals surface area contributed by atoms with Gasteiger partial charge in [-0.3, -0.25) is 9.97 Å². The summed E-state index contributed by atoms with van der Waals surface area (Å²) in [6.07, 6.45) is 7.49. The summed E-state index contributed by atoms with van der Waals surface area (Å²) in [5, 5.41) is 4.18. The summed E-state index contributed by atoms with van der Waals surface area (Å²) >= 11 is 5.90. The zero-order valence-electron chi connectivity index (χ0n) is 20.2. The Kier molecular flexibility index (Phi) is 6.12. The van der Waals surface area contributed by atoms with E-state index in [0.717, 1.165) is 39.8 Å². The largest absolute Gasteiger partial charge is 0.457 e. The molecule has 1 saturated heterocycles. The Hall–Kier alpha value is -4.49. The van der Waals surface area contributed by atoms with Crippen molar-refractivity contribution in [3.63, 3.8) is 0 Å². The number of rotatable bonds is 6. The number of pyridine rings is 2. The number of benzene rings is 2. The maximum Gasteiger partial charge on any atom is 0.174 e. The van der Waals surface area contributed by atoms with Gasteiger partial charge in [0.05, 0.1) is 11.7 Å². The van der Waals surface area contributed by atoms with E-state index in [2.05, 4.69) is 55.2 Å². The number of aromatic nitrogens is 3. The van der Waals surface area contributed by atoms with Crippen LogP contribution < -0.4 is 15.0 Å². The SMILES string of the molecule is Cc1ccccc1Oc1ccc(N2C(=S)N[C@H](c3ccccn3)[C@@H]2c2cccn2-c2ccncc2)cc1. The molecule has 0 radical (unpaired) electrons. The second-order valence-corrected chi connectivity index (χ2v) is 9.25. The molecule has 1 fully saturated rings. The van der Waals surface area contributed by atoms with Gasteiger partial charge in [0, 0.05) is 41.9 Å². The lowest BCUT2D eigenvalue weighted by atomic mass is 10.0. The summed E-state index contributed by atoms with van der Waals surface area (Å²) in [6, 6.07) is 30.0. The van der Waals surface area contributed by atoms with E-state index in [1.165, 1.54) is 0 Å². The summed E-state index contributed by atoms with van der Waals surface area (Å²) < 4.78 is 8.31. The summed E-state index contributed by atoms with van der Waals surface area (Å²) in [5.74, 6) is 1.62. The van der Waals surface area contributed by atoms with Gasteiger partial charge in [-0.25, -0.2) is 0 Å². The lowest BCUT2D eigenvalue weighted by Gasteiger charge is -2.29.